The second-order valence-electron chi connectivity index (χ2n) is 6.64. The number of hydrazone groups is 1. The molecule has 9 heteroatoms. The molecule has 0 aliphatic heterocycles. The monoisotopic (exact) mass is 450 g/mol. The van der Waals surface area contributed by atoms with E-state index in [1.165, 1.54) is 11.3 Å². The molecule has 1 aromatic heterocycles. The fourth-order valence-corrected chi connectivity index (χ4v) is 4.05. The molecule has 0 saturated heterocycles. The normalized spacial score (nSPS) is 10.7. The first-order valence-electron chi connectivity index (χ1n) is 8.80. The number of fused-ring (bicyclic) bond motifs is 1. The standard InChI is InChI=1S/C20H20Cl2N4O2S/c1-10(2)25-26-20-23-15-7-11(3)18(12(4)19(15)29-20)24-17(27)9-28-16-6-5-13(21)8-14(16)22/h5-8H,9H2,1-4H3,(H,23,26)(H,24,27). The van der Waals surface area contributed by atoms with Crippen molar-refractivity contribution in [3.63, 3.8) is 0 Å². The van der Waals surface area contributed by atoms with Gasteiger partial charge in [-0.1, -0.05) is 34.5 Å². The van der Waals surface area contributed by atoms with Crippen molar-refractivity contribution in [2.75, 3.05) is 17.3 Å². The highest BCUT2D eigenvalue weighted by atomic mass is 35.5. The van der Waals surface area contributed by atoms with Gasteiger partial charge >= 0.3 is 0 Å². The zero-order valence-corrected chi connectivity index (χ0v) is 18.7. The number of benzene rings is 2. The van der Waals surface area contributed by atoms with E-state index in [9.17, 15) is 4.79 Å². The number of hydrogen-bond acceptors (Lipinski definition) is 6. The molecule has 3 aromatic rings. The van der Waals surface area contributed by atoms with E-state index in [0.717, 1.165) is 32.7 Å². The molecule has 29 heavy (non-hydrogen) atoms. The third-order valence-electron chi connectivity index (χ3n) is 4.01. The summed E-state index contributed by atoms with van der Waals surface area (Å²) in [6.07, 6.45) is 0. The molecule has 2 aromatic carbocycles. The minimum atomic E-state index is -0.282. The topological polar surface area (TPSA) is 75.6 Å². The van der Waals surface area contributed by atoms with E-state index < -0.39 is 0 Å². The lowest BCUT2D eigenvalue weighted by Crippen LogP contribution is -2.21. The third kappa shape index (κ3) is 5.18. The van der Waals surface area contributed by atoms with Crippen molar-refractivity contribution in [2.24, 2.45) is 5.10 Å². The molecule has 3 rings (SSSR count). The second-order valence-corrected chi connectivity index (χ2v) is 8.49. The van der Waals surface area contributed by atoms with Crippen LogP contribution in [-0.2, 0) is 4.79 Å². The number of carbonyl (C=O) groups excluding carboxylic acids is 1. The Morgan fingerprint density at radius 2 is 2.00 bits per heavy atom. The highest BCUT2D eigenvalue weighted by molar-refractivity contribution is 7.22. The van der Waals surface area contributed by atoms with Crippen LogP contribution in [0.1, 0.15) is 25.0 Å². The molecule has 2 N–H and O–H groups in total. The lowest BCUT2D eigenvalue weighted by molar-refractivity contribution is -0.118. The van der Waals surface area contributed by atoms with E-state index >= 15 is 0 Å². The van der Waals surface area contributed by atoms with Crippen molar-refractivity contribution in [2.45, 2.75) is 27.7 Å². The largest absolute Gasteiger partial charge is 0.482 e. The number of aromatic nitrogens is 1. The number of nitrogens with one attached hydrogen (secondary N) is 2. The average molecular weight is 451 g/mol. The van der Waals surface area contributed by atoms with Crippen LogP contribution in [0.3, 0.4) is 0 Å². The molecule has 152 valence electrons. The van der Waals surface area contributed by atoms with Crippen LogP contribution in [0, 0.1) is 13.8 Å². The first-order valence-corrected chi connectivity index (χ1v) is 10.4. The average Bonchev–Trinajstić information content (AvgIpc) is 3.06. The molecule has 0 atom stereocenters. The van der Waals surface area contributed by atoms with E-state index in [-0.39, 0.29) is 12.5 Å². The fraction of sp³-hybridized carbons (Fsp3) is 0.250. The quantitative estimate of drug-likeness (QED) is 0.354. The van der Waals surface area contributed by atoms with Crippen LogP contribution in [0.15, 0.2) is 29.4 Å². The number of hydrogen-bond donors (Lipinski definition) is 2. The van der Waals surface area contributed by atoms with Crippen molar-refractivity contribution >= 4 is 67.2 Å². The Kier molecular flexibility index (Phi) is 6.62. The molecule has 1 heterocycles. The van der Waals surface area contributed by atoms with Crippen LogP contribution in [0.4, 0.5) is 10.8 Å². The van der Waals surface area contributed by atoms with Gasteiger partial charge in [0.05, 0.1) is 15.2 Å². The fourth-order valence-electron chi connectivity index (χ4n) is 2.70. The zero-order valence-electron chi connectivity index (χ0n) is 16.4. The van der Waals surface area contributed by atoms with Crippen molar-refractivity contribution in [3.8, 4) is 5.75 Å². The van der Waals surface area contributed by atoms with Gasteiger partial charge in [0.15, 0.2) is 6.61 Å². The summed E-state index contributed by atoms with van der Waals surface area (Å²) in [5, 5.41) is 8.68. The van der Waals surface area contributed by atoms with E-state index in [4.69, 9.17) is 27.9 Å². The number of aryl methyl sites for hydroxylation is 2. The minimum Gasteiger partial charge on any atom is -0.482 e. The summed E-state index contributed by atoms with van der Waals surface area (Å²) in [4.78, 5) is 17.0. The van der Waals surface area contributed by atoms with Crippen LogP contribution < -0.4 is 15.5 Å². The molecule has 0 saturated carbocycles. The lowest BCUT2D eigenvalue weighted by Gasteiger charge is -2.13. The van der Waals surface area contributed by atoms with Crippen molar-refractivity contribution < 1.29 is 9.53 Å². The number of amides is 1. The van der Waals surface area contributed by atoms with E-state index in [1.807, 2.05) is 33.8 Å². The molecule has 1 amide bonds. The molecule has 0 aliphatic rings. The molecule has 0 bridgehead atoms. The van der Waals surface area contributed by atoms with E-state index in [0.29, 0.717) is 20.9 Å². The Morgan fingerprint density at radius 3 is 2.69 bits per heavy atom. The van der Waals surface area contributed by atoms with Crippen LogP contribution in [0.25, 0.3) is 10.2 Å². The summed E-state index contributed by atoms with van der Waals surface area (Å²) >= 11 is 13.4. The van der Waals surface area contributed by atoms with Crippen LogP contribution in [0.5, 0.6) is 5.75 Å². The third-order valence-corrected chi connectivity index (χ3v) is 5.63. The molecule has 0 fully saturated rings. The Hall–Kier alpha value is -2.35. The smallest absolute Gasteiger partial charge is 0.262 e. The summed E-state index contributed by atoms with van der Waals surface area (Å²) in [6.45, 7) is 7.53. The molecular formula is C20H20Cl2N4O2S. The van der Waals surface area contributed by atoms with Gasteiger partial charge in [-0.05, 0) is 63.1 Å². The SMILES string of the molecule is CC(C)=NNc1nc2cc(C)c(NC(=O)COc3ccc(Cl)cc3Cl)c(C)c2s1. The second kappa shape index (κ2) is 8.98. The molecule has 6 nitrogen and oxygen atoms in total. The highest BCUT2D eigenvalue weighted by Gasteiger charge is 2.15. The van der Waals surface area contributed by atoms with Gasteiger partial charge in [-0.2, -0.15) is 5.10 Å². The summed E-state index contributed by atoms with van der Waals surface area (Å²) in [6, 6.07) is 6.80. The summed E-state index contributed by atoms with van der Waals surface area (Å²) in [7, 11) is 0. The predicted octanol–water partition coefficient (Wildman–Crippen LogP) is 6.05. The maximum Gasteiger partial charge on any atom is 0.262 e. The van der Waals surface area contributed by atoms with Crippen LogP contribution in [0.2, 0.25) is 10.0 Å². The molecule has 0 spiro atoms. The van der Waals surface area contributed by atoms with Gasteiger partial charge in [0.2, 0.25) is 5.13 Å². The van der Waals surface area contributed by atoms with Gasteiger partial charge in [-0.25, -0.2) is 4.98 Å². The number of anilines is 2. The highest BCUT2D eigenvalue weighted by Crippen LogP contribution is 2.35. The van der Waals surface area contributed by atoms with Gasteiger partial charge in [0.25, 0.3) is 5.91 Å². The van der Waals surface area contributed by atoms with Gasteiger partial charge in [0.1, 0.15) is 5.75 Å². The van der Waals surface area contributed by atoms with Crippen LogP contribution in [-0.4, -0.2) is 23.2 Å². The predicted molar refractivity (Wildman–Crippen MR) is 122 cm³/mol. The van der Waals surface area contributed by atoms with Crippen molar-refractivity contribution in [3.05, 3.63) is 45.4 Å². The maximum absolute atomic E-state index is 12.4. The number of ether oxygens (including phenoxy) is 1. The Balaban J connectivity index is 1.76. The number of thiazole rings is 1. The first kappa shape index (κ1) is 21.4. The Morgan fingerprint density at radius 1 is 1.24 bits per heavy atom. The van der Waals surface area contributed by atoms with Crippen LogP contribution >= 0.6 is 34.5 Å². The molecule has 0 unspecified atom stereocenters. The van der Waals surface area contributed by atoms with Crippen molar-refractivity contribution in [1.82, 2.24) is 4.98 Å². The van der Waals surface area contributed by atoms with Gasteiger partial charge in [-0.3, -0.25) is 10.2 Å². The van der Waals surface area contributed by atoms with E-state index in [2.05, 4.69) is 20.8 Å². The number of rotatable bonds is 6. The lowest BCUT2D eigenvalue weighted by atomic mass is 10.1. The molecular weight excluding hydrogens is 431 g/mol. The van der Waals surface area contributed by atoms with Gasteiger partial charge < -0.3 is 10.1 Å². The Labute approximate surface area is 182 Å². The number of carbonyl (C=O) groups is 1. The summed E-state index contributed by atoms with van der Waals surface area (Å²) in [5.41, 5.74) is 7.33. The molecule has 0 radical (unpaired) electrons. The van der Waals surface area contributed by atoms with Gasteiger partial charge in [0, 0.05) is 16.4 Å². The maximum atomic E-state index is 12.4. The summed E-state index contributed by atoms with van der Waals surface area (Å²) < 4.78 is 6.50. The molecule has 0 aliphatic carbocycles. The first-order chi connectivity index (χ1) is 13.7. The van der Waals surface area contributed by atoms with Gasteiger partial charge in [-0.15, -0.1) is 0 Å². The number of halogens is 2. The van der Waals surface area contributed by atoms with Crippen molar-refractivity contribution in [1.29, 1.82) is 0 Å². The zero-order chi connectivity index (χ0) is 21.1. The number of nitrogens with zero attached hydrogens (tertiary/aromatic N) is 2. The minimum absolute atomic E-state index is 0.168. The van der Waals surface area contributed by atoms with E-state index in [1.54, 1.807) is 18.2 Å². The Bertz CT molecular complexity index is 1110. The summed E-state index contributed by atoms with van der Waals surface area (Å²) in [5.74, 6) is 0.121.